The molecular weight excluding hydrogens is 275 g/mol. The van der Waals surface area contributed by atoms with Gasteiger partial charge in [-0.3, -0.25) is 10.1 Å². The highest BCUT2D eigenvalue weighted by atomic mass is 19.1. The minimum absolute atomic E-state index is 0.167. The summed E-state index contributed by atoms with van der Waals surface area (Å²) in [5.41, 5.74) is 0.939. The fourth-order valence-electron chi connectivity index (χ4n) is 1.99. The van der Waals surface area contributed by atoms with Crippen LogP contribution in [0.3, 0.4) is 0 Å². The Morgan fingerprint density at radius 3 is 2.48 bits per heavy atom. The van der Waals surface area contributed by atoms with Gasteiger partial charge in [-0.15, -0.1) is 0 Å². The molecule has 0 amide bonds. The van der Waals surface area contributed by atoms with Crippen LogP contribution in [0.5, 0.6) is 5.75 Å². The molecule has 0 spiro atoms. The quantitative estimate of drug-likeness (QED) is 0.669. The summed E-state index contributed by atoms with van der Waals surface area (Å²) >= 11 is 0. The molecule has 0 aromatic heterocycles. The summed E-state index contributed by atoms with van der Waals surface area (Å²) < 4.78 is 18.2. The lowest BCUT2D eigenvalue weighted by atomic mass is 10.1. The summed E-state index contributed by atoms with van der Waals surface area (Å²) in [7, 11) is 1.58. The molecule has 0 bridgehead atoms. The van der Waals surface area contributed by atoms with E-state index in [1.807, 2.05) is 31.2 Å². The molecule has 0 fully saturated rings. The number of nitro benzene ring substituents is 1. The number of hydrogen-bond acceptors (Lipinski definition) is 4. The van der Waals surface area contributed by atoms with E-state index in [9.17, 15) is 14.5 Å². The number of benzene rings is 2. The fraction of sp³-hybridized carbons (Fsp3) is 0.200. The lowest BCUT2D eigenvalue weighted by Crippen LogP contribution is -2.08. The number of nitro groups is 1. The Kier molecular flexibility index (Phi) is 4.37. The number of nitrogens with zero attached hydrogens (tertiary/aromatic N) is 1. The van der Waals surface area contributed by atoms with Gasteiger partial charge in [0.15, 0.2) is 0 Å². The van der Waals surface area contributed by atoms with Crippen LogP contribution in [-0.2, 0) is 0 Å². The molecule has 0 aliphatic rings. The molecule has 0 aliphatic heterocycles. The minimum Gasteiger partial charge on any atom is -0.497 e. The zero-order chi connectivity index (χ0) is 15.4. The van der Waals surface area contributed by atoms with Gasteiger partial charge >= 0.3 is 0 Å². The van der Waals surface area contributed by atoms with Crippen LogP contribution in [-0.4, -0.2) is 12.0 Å². The third-order valence-electron chi connectivity index (χ3n) is 3.14. The third kappa shape index (κ3) is 3.47. The molecule has 1 N–H and O–H groups in total. The maximum absolute atomic E-state index is 13.1. The van der Waals surface area contributed by atoms with Gasteiger partial charge < -0.3 is 10.1 Å². The molecule has 0 saturated carbocycles. The van der Waals surface area contributed by atoms with Gasteiger partial charge in [0.1, 0.15) is 17.3 Å². The van der Waals surface area contributed by atoms with E-state index in [1.165, 1.54) is 12.1 Å². The topological polar surface area (TPSA) is 64.4 Å². The van der Waals surface area contributed by atoms with Gasteiger partial charge in [-0.1, -0.05) is 12.1 Å². The average molecular weight is 290 g/mol. The second-order valence-electron chi connectivity index (χ2n) is 4.56. The molecule has 2 aromatic carbocycles. The Labute approximate surface area is 121 Å². The maximum Gasteiger partial charge on any atom is 0.295 e. The van der Waals surface area contributed by atoms with Crippen LogP contribution in [0.15, 0.2) is 42.5 Å². The van der Waals surface area contributed by atoms with Crippen LogP contribution >= 0.6 is 0 Å². The number of nitrogens with one attached hydrogen (secondary N) is 1. The number of rotatable bonds is 5. The van der Waals surface area contributed by atoms with E-state index >= 15 is 0 Å². The summed E-state index contributed by atoms with van der Waals surface area (Å²) in [6.45, 7) is 1.87. The van der Waals surface area contributed by atoms with Crippen LogP contribution in [0.25, 0.3) is 0 Å². The lowest BCUT2D eigenvalue weighted by molar-refractivity contribution is -0.384. The van der Waals surface area contributed by atoms with Gasteiger partial charge in [-0.2, -0.15) is 0 Å². The first kappa shape index (κ1) is 14.8. The Hall–Kier alpha value is -2.63. The third-order valence-corrected chi connectivity index (χ3v) is 3.14. The van der Waals surface area contributed by atoms with E-state index in [0.717, 1.165) is 17.4 Å². The van der Waals surface area contributed by atoms with Gasteiger partial charge in [0.05, 0.1) is 18.1 Å². The zero-order valence-corrected chi connectivity index (χ0v) is 11.7. The molecule has 21 heavy (non-hydrogen) atoms. The predicted molar refractivity (Wildman–Crippen MR) is 78.1 cm³/mol. The smallest absolute Gasteiger partial charge is 0.295 e. The van der Waals surface area contributed by atoms with E-state index in [2.05, 4.69) is 5.32 Å². The molecule has 0 radical (unpaired) electrons. The van der Waals surface area contributed by atoms with Crippen molar-refractivity contribution in [1.29, 1.82) is 0 Å². The molecule has 110 valence electrons. The first-order valence-electron chi connectivity index (χ1n) is 6.35. The summed E-state index contributed by atoms with van der Waals surface area (Å²) in [5, 5.41) is 14.0. The van der Waals surface area contributed by atoms with E-state index in [0.29, 0.717) is 0 Å². The lowest BCUT2D eigenvalue weighted by Gasteiger charge is -2.16. The molecule has 0 aliphatic carbocycles. The standard InChI is InChI=1S/C15H15FN2O3/c1-10(11-3-6-13(21-2)7-4-11)17-14-8-5-12(16)9-15(14)18(19)20/h3-10,17H,1-2H3. The zero-order valence-electron chi connectivity index (χ0n) is 11.7. The van der Waals surface area contributed by atoms with E-state index < -0.39 is 10.7 Å². The SMILES string of the molecule is COc1ccc(C(C)Nc2ccc(F)cc2[N+](=O)[O-])cc1. The van der Waals surface area contributed by atoms with Gasteiger partial charge in [0.2, 0.25) is 0 Å². The molecular formula is C15H15FN2O3. The van der Waals surface area contributed by atoms with Crippen molar-refractivity contribution in [3.8, 4) is 5.75 Å². The van der Waals surface area contributed by atoms with Crippen LogP contribution in [0.1, 0.15) is 18.5 Å². The first-order valence-corrected chi connectivity index (χ1v) is 6.35. The highest BCUT2D eigenvalue weighted by Crippen LogP contribution is 2.29. The first-order chi connectivity index (χ1) is 10.0. The summed E-state index contributed by atoms with van der Waals surface area (Å²) in [4.78, 5) is 10.4. The van der Waals surface area contributed by atoms with Crippen molar-refractivity contribution in [3.05, 3.63) is 64.0 Å². The number of ether oxygens (including phenoxy) is 1. The minimum atomic E-state index is -0.635. The van der Waals surface area contributed by atoms with Crippen LogP contribution in [0, 0.1) is 15.9 Å². The summed E-state index contributed by atoms with van der Waals surface area (Å²) in [6, 6.07) is 10.7. The Balaban J connectivity index is 2.22. The van der Waals surface area contributed by atoms with Gasteiger partial charge in [-0.05, 0) is 36.8 Å². The number of methoxy groups -OCH3 is 1. The van der Waals surface area contributed by atoms with Crippen LogP contribution in [0.4, 0.5) is 15.8 Å². The molecule has 0 heterocycles. The second-order valence-corrected chi connectivity index (χ2v) is 4.56. The molecule has 6 heteroatoms. The largest absolute Gasteiger partial charge is 0.497 e. The number of halogens is 1. The van der Waals surface area contributed by atoms with Crippen molar-refractivity contribution >= 4 is 11.4 Å². The Morgan fingerprint density at radius 2 is 1.90 bits per heavy atom. The molecule has 2 aromatic rings. The van der Waals surface area contributed by atoms with Crippen molar-refractivity contribution in [2.45, 2.75) is 13.0 Å². The van der Waals surface area contributed by atoms with E-state index in [-0.39, 0.29) is 17.4 Å². The molecule has 2 rings (SSSR count). The number of anilines is 1. The molecule has 0 saturated heterocycles. The predicted octanol–water partition coefficient (Wildman–Crippen LogP) is 3.92. The summed E-state index contributed by atoms with van der Waals surface area (Å²) in [5.74, 6) is 0.100. The van der Waals surface area contributed by atoms with E-state index in [4.69, 9.17) is 4.74 Å². The van der Waals surface area contributed by atoms with Crippen molar-refractivity contribution in [3.63, 3.8) is 0 Å². The average Bonchev–Trinajstić information content (AvgIpc) is 2.49. The van der Waals surface area contributed by atoms with Gasteiger partial charge in [-0.25, -0.2) is 4.39 Å². The highest BCUT2D eigenvalue weighted by molar-refractivity contribution is 5.62. The van der Waals surface area contributed by atoms with Crippen LogP contribution in [0.2, 0.25) is 0 Å². The molecule has 5 nitrogen and oxygen atoms in total. The monoisotopic (exact) mass is 290 g/mol. The maximum atomic E-state index is 13.1. The highest BCUT2D eigenvalue weighted by Gasteiger charge is 2.17. The number of hydrogen-bond donors (Lipinski definition) is 1. The van der Waals surface area contributed by atoms with Crippen molar-refractivity contribution in [1.82, 2.24) is 0 Å². The van der Waals surface area contributed by atoms with Gasteiger partial charge in [0, 0.05) is 6.04 Å². The molecule has 1 unspecified atom stereocenters. The molecule has 1 atom stereocenters. The fourth-order valence-corrected chi connectivity index (χ4v) is 1.99. The normalized spacial score (nSPS) is 11.8. The Bertz CT molecular complexity index is 644. The van der Waals surface area contributed by atoms with Crippen molar-refractivity contribution < 1.29 is 14.1 Å². The van der Waals surface area contributed by atoms with Gasteiger partial charge in [0.25, 0.3) is 5.69 Å². The van der Waals surface area contributed by atoms with Crippen molar-refractivity contribution in [2.75, 3.05) is 12.4 Å². The van der Waals surface area contributed by atoms with Crippen molar-refractivity contribution in [2.24, 2.45) is 0 Å². The Morgan fingerprint density at radius 1 is 1.24 bits per heavy atom. The second kappa shape index (κ2) is 6.21. The van der Waals surface area contributed by atoms with E-state index in [1.54, 1.807) is 7.11 Å². The summed E-state index contributed by atoms with van der Waals surface area (Å²) in [6.07, 6.45) is 0. The van der Waals surface area contributed by atoms with Crippen LogP contribution < -0.4 is 10.1 Å².